The van der Waals surface area contributed by atoms with Crippen molar-refractivity contribution in [3.05, 3.63) is 48.2 Å². The average molecular weight is 323 g/mol. The van der Waals surface area contributed by atoms with Crippen LogP contribution in [0.25, 0.3) is 0 Å². The third-order valence-electron chi connectivity index (χ3n) is 3.91. The number of hydrogen-bond donors (Lipinski definition) is 2. The zero-order valence-corrected chi connectivity index (χ0v) is 13.0. The van der Waals surface area contributed by atoms with Gasteiger partial charge in [-0.2, -0.15) is 5.26 Å². The van der Waals surface area contributed by atoms with Crippen LogP contribution in [0.15, 0.2) is 42.6 Å². The van der Waals surface area contributed by atoms with Crippen LogP contribution in [0.3, 0.4) is 0 Å². The third kappa shape index (κ3) is 3.55. The van der Waals surface area contributed by atoms with Crippen molar-refractivity contribution in [2.24, 2.45) is 0 Å². The molecule has 7 heteroatoms. The van der Waals surface area contributed by atoms with Gasteiger partial charge >= 0.3 is 6.03 Å². The Kier molecular flexibility index (Phi) is 4.47. The number of hydrogen-bond acceptors (Lipinski definition) is 5. The van der Waals surface area contributed by atoms with Gasteiger partial charge in [-0.15, -0.1) is 0 Å². The van der Waals surface area contributed by atoms with E-state index in [1.807, 2.05) is 12.1 Å². The molecule has 122 valence electrons. The van der Waals surface area contributed by atoms with Gasteiger partial charge in [-0.1, -0.05) is 0 Å². The minimum absolute atomic E-state index is 0.0593. The van der Waals surface area contributed by atoms with Crippen LogP contribution in [0.4, 0.5) is 16.3 Å². The first-order valence-corrected chi connectivity index (χ1v) is 7.62. The minimum Gasteiger partial charge on any atom is -0.506 e. The Morgan fingerprint density at radius 1 is 1.12 bits per heavy atom. The number of nitrogens with one attached hydrogen (secondary N) is 1. The molecule has 0 spiro atoms. The van der Waals surface area contributed by atoms with Crippen LogP contribution in [0.5, 0.6) is 5.75 Å². The fourth-order valence-electron chi connectivity index (χ4n) is 2.56. The number of piperazine rings is 1. The predicted molar refractivity (Wildman–Crippen MR) is 89.9 cm³/mol. The van der Waals surface area contributed by atoms with Crippen molar-refractivity contribution >= 4 is 17.5 Å². The lowest BCUT2D eigenvalue weighted by molar-refractivity contribution is 0.208. The second-order valence-electron chi connectivity index (χ2n) is 5.46. The van der Waals surface area contributed by atoms with E-state index in [1.165, 1.54) is 12.3 Å². The number of amides is 2. The number of urea groups is 1. The number of nitriles is 1. The van der Waals surface area contributed by atoms with Crippen molar-refractivity contribution < 1.29 is 9.90 Å². The van der Waals surface area contributed by atoms with Crippen molar-refractivity contribution in [3.8, 4) is 11.8 Å². The molecule has 0 atom stereocenters. The first-order chi connectivity index (χ1) is 11.7. The number of anilines is 2. The number of aromatic hydroxyl groups is 1. The molecule has 1 aromatic heterocycles. The van der Waals surface area contributed by atoms with Gasteiger partial charge < -0.3 is 14.9 Å². The molecule has 0 radical (unpaired) electrons. The Bertz CT molecular complexity index is 744. The van der Waals surface area contributed by atoms with Crippen LogP contribution in [-0.2, 0) is 0 Å². The Morgan fingerprint density at radius 3 is 2.42 bits per heavy atom. The topological polar surface area (TPSA) is 92.5 Å². The first kappa shape index (κ1) is 15.6. The van der Waals surface area contributed by atoms with E-state index in [0.717, 1.165) is 18.8 Å². The lowest BCUT2D eigenvalue weighted by Gasteiger charge is -2.36. The second kappa shape index (κ2) is 6.87. The Hall–Kier alpha value is -3.27. The summed E-state index contributed by atoms with van der Waals surface area (Å²) in [5.74, 6) is 0.469. The van der Waals surface area contributed by atoms with Gasteiger partial charge in [0.2, 0.25) is 0 Å². The monoisotopic (exact) mass is 323 g/mol. The smallest absolute Gasteiger partial charge is 0.323 e. The highest BCUT2D eigenvalue weighted by molar-refractivity contribution is 5.88. The largest absolute Gasteiger partial charge is 0.506 e. The second-order valence-corrected chi connectivity index (χ2v) is 5.46. The molecule has 0 unspecified atom stereocenters. The molecule has 1 saturated heterocycles. The number of pyridine rings is 1. The summed E-state index contributed by atoms with van der Waals surface area (Å²) in [4.78, 5) is 20.1. The van der Waals surface area contributed by atoms with E-state index in [1.54, 1.807) is 23.1 Å². The minimum atomic E-state index is -0.201. The molecule has 0 aliphatic carbocycles. The highest BCUT2D eigenvalue weighted by atomic mass is 16.3. The molecule has 7 nitrogen and oxygen atoms in total. The zero-order chi connectivity index (χ0) is 16.9. The van der Waals surface area contributed by atoms with Crippen molar-refractivity contribution in [2.45, 2.75) is 0 Å². The van der Waals surface area contributed by atoms with E-state index in [0.29, 0.717) is 24.5 Å². The highest BCUT2D eigenvalue weighted by Gasteiger charge is 2.21. The van der Waals surface area contributed by atoms with Crippen LogP contribution in [0.1, 0.15) is 5.56 Å². The maximum Gasteiger partial charge on any atom is 0.323 e. The Morgan fingerprint density at radius 2 is 1.83 bits per heavy atom. The number of carbonyl (C=O) groups excluding carboxylic acids is 1. The number of carbonyl (C=O) groups is 1. The molecule has 3 rings (SSSR count). The number of rotatable bonds is 2. The molecule has 0 bridgehead atoms. The molecule has 2 N–H and O–H groups in total. The molecule has 0 saturated carbocycles. The lowest BCUT2D eigenvalue weighted by atomic mass is 10.2. The van der Waals surface area contributed by atoms with E-state index in [-0.39, 0.29) is 11.8 Å². The fourth-order valence-corrected chi connectivity index (χ4v) is 2.56. The number of aromatic nitrogens is 1. The predicted octanol–water partition coefficient (Wildman–Crippen LogP) is 2.01. The normalized spacial score (nSPS) is 14.1. The van der Waals surface area contributed by atoms with Crippen LogP contribution >= 0.6 is 0 Å². The summed E-state index contributed by atoms with van der Waals surface area (Å²) in [6, 6.07) is 12.4. The third-order valence-corrected chi connectivity index (χ3v) is 3.91. The van der Waals surface area contributed by atoms with Crippen LogP contribution in [0, 0.1) is 11.3 Å². The summed E-state index contributed by atoms with van der Waals surface area (Å²) in [6.07, 6.45) is 1.29. The lowest BCUT2D eigenvalue weighted by Crippen LogP contribution is -2.50. The zero-order valence-electron chi connectivity index (χ0n) is 13.0. The van der Waals surface area contributed by atoms with Gasteiger partial charge in [0.1, 0.15) is 11.6 Å². The molecule has 1 aliphatic heterocycles. The summed E-state index contributed by atoms with van der Waals surface area (Å²) in [5.41, 5.74) is 1.69. The van der Waals surface area contributed by atoms with Gasteiger partial charge in [-0.05, 0) is 36.4 Å². The summed E-state index contributed by atoms with van der Waals surface area (Å²) in [5, 5.41) is 20.8. The average Bonchev–Trinajstić information content (AvgIpc) is 2.64. The number of benzene rings is 1. The van der Waals surface area contributed by atoms with Crippen molar-refractivity contribution in [1.29, 1.82) is 5.26 Å². The molecule has 2 heterocycles. The van der Waals surface area contributed by atoms with E-state index in [4.69, 9.17) is 5.26 Å². The maximum atomic E-state index is 12.2. The van der Waals surface area contributed by atoms with E-state index in [2.05, 4.69) is 21.3 Å². The summed E-state index contributed by atoms with van der Waals surface area (Å²) < 4.78 is 0. The van der Waals surface area contributed by atoms with E-state index < -0.39 is 0 Å². The van der Waals surface area contributed by atoms with Gasteiger partial charge in [0.15, 0.2) is 0 Å². The summed E-state index contributed by atoms with van der Waals surface area (Å²) >= 11 is 0. The van der Waals surface area contributed by atoms with E-state index >= 15 is 0 Å². The molecule has 1 aromatic carbocycles. The molecule has 1 aliphatic rings. The van der Waals surface area contributed by atoms with Crippen molar-refractivity contribution in [2.75, 3.05) is 36.4 Å². The summed E-state index contributed by atoms with van der Waals surface area (Å²) in [7, 11) is 0. The fraction of sp³-hybridized carbons (Fsp3) is 0.235. The van der Waals surface area contributed by atoms with Crippen LogP contribution in [0.2, 0.25) is 0 Å². The van der Waals surface area contributed by atoms with Gasteiger partial charge in [0.25, 0.3) is 0 Å². The van der Waals surface area contributed by atoms with E-state index in [9.17, 15) is 9.90 Å². The standard InChI is InChI=1S/C17H17N5O2/c18-11-13-1-3-14(4-2-13)21-7-9-22(10-8-21)17(24)20-16-6-5-15(23)12-19-16/h1-6,12,23H,7-10H2,(H,19,20,24). The molecule has 1 fully saturated rings. The van der Waals surface area contributed by atoms with Crippen molar-refractivity contribution in [3.63, 3.8) is 0 Å². The van der Waals surface area contributed by atoms with Gasteiger partial charge in [-0.3, -0.25) is 5.32 Å². The van der Waals surface area contributed by atoms with Gasteiger partial charge in [0, 0.05) is 31.9 Å². The molecule has 2 aromatic rings. The SMILES string of the molecule is N#Cc1ccc(N2CCN(C(=O)Nc3ccc(O)cn3)CC2)cc1. The first-order valence-electron chi connectivity index (χ1n) is 7.62. The van der Waals surface area contributed by atoms with Crippen LogP contribution in [-0.4, -0.2) is 47.2 Å². The van der Waals surface area contributed by atoms with Crippen LogP contribution < -0.4 is 10.2 Å². The van der Waals surface area contributed by atoms with Gasteiger partial charge in [0.05, 0.1) is 17.8 Å². The molecular weight excluding hydrogens is 306 g/mol. The highest BCUT2D eigenvalue weighted by Crippen LogP contribution is 2.18. The quantitative estimate of drug-likeness (QED) is 0.882. The molecule has 2 amide bonds. The number of nitrogens with zero attached hydrogens (tertiary/aromatic N) is 4. The maximum absolute atomic E-state index is 12.2. The molecule has 24 heavy (non-hydrogen) atoms. The molecular formula is C17H17N5O2. The van der Waals surface area contributed by atoms with Gasteiger partial charge in [-0.25, -0.2) is 9.78 Å². The summed E-state index contributed by atoms with van der Waals surface area (Å²) in [6.45, 7) is 2.65. The van der Waals surface area contributed by atoms with Crippen molar-refractivity contribution in [1.82, 2.24) is 9.88 Å². The Labute approximate surface area is 139 Å². The Balaban J connectivity index is 1.55.